The van der Waals surface area contributed by atoms with Gasteiger partial charge in [-0.25, -0.2) is 0 Å². The van der Waals surface area contributed by atoms with Crippen molar-refractivity contribution in [1.29, 1.82) is 0 Å². The maximum absolute atomic E-state index is 8.22. The van der Waals surface area contributed by atoms with Gasteiger partial charge in [-0.2, -0.15) is 0 Å². The Bertz CT molecular complexity index is 539. The SMILES string of the molecule is O/N=C/CCOCCCOc1c(Cl)cc(OCC=C(Cl)Cl)cc1Cl. The largest absolute Gasteiger partial charge is 0.490 e. The van der Waals surface area contributed by atoms with E-state index in [0.29, 0.717) is 54.2 Å². The highest BCUT2D eigenvalue weighted by molar-refractivity contribution is 6.55. The van der Waals surface area contributed by atoms with Gasteiger partial charge in [0.25, 0.3) is 0 Å². The van der Waals surface area contributed by atoms with Crippen molar-refractivity contribution in [3.05, 3.63) is 32.7 Å². The predicted octanol–water partition coefficient (Wildman–Crippen LogP) is 5.33. The molecule has 5 nitrogen and oxygen atoms in total. The summed E-state index contributed by atoms with van der Waals surface area (Å²) in [5.41, 5.74) is 0. The molecule has 0 aliphatic carbocycles. The molecule has 0 amide bonds. The number of oxime groups is 1. The topological polar surface area (TPSA) is 60.3 Å². The van der Waals surface area contributed by atoms with Gasteiger partial charge in [-0.1, -0.05) is 46.4 Å². The first-order valence-electron chi connectivity index (χ1n) is 7.04. The molecule has 0 radical (unpaired) electrons. The van der Waals surface area contributed by atoms with Gasteiger partial charge < -0.3 is 19.4 Å². The molecule has 1 aromatic carbocycles. The summed E-state index contributed by atoms with van der Waals surface area (Å²) in [6.45, 7) is 1.60. The first kappa shape index (κ1) is 21.2. The van der Waals surface area contributed by atoms with Crippen molar-refractivity contribution in [2.45, 2.75) is 12.8 Å². The van der Waals surface area contributed by atoms with E-state index in [2.05, 4.69) is 5.16 Å². The monoisotopic (exact) mass is 415 g/mol. The van der Waals surface area contributed by atoms with Crippen LogP contribution in [0.2, 0.25) is 10.0 Å². The normalized spacial score (nSPS) is 10.8. The fraction of sp³-hybridized carbons (Fsp3) is 0.400. The van der Waals surface area contributed by atoms with Gasteiger partial charge in [-0.15, -0.1) is 5.16 Å². The third-order valence-corrected chi connectivity index (χ3v) is 3.48. The average molecular weight is 417 g/mol. The lowest BCUT2D eigenvalue weighted by atomic mass is 10.3. The maximum atomic E-state index is 8.22. The maximum Gasteiger partial charge on any atom is 0.156 e. The summed E-state index contributed by atoms with van der Waals surface area (Å²) in [5.74, 6) is 0.876. The quantitative estimate of drug-likeness (QED) is 0.229. The molecule has 1 rings (SSSR count). The molecule has 1 aromatic rings. The Morgan fingerprint density at radius 1 is 1.08 bits per heavy atom. The summed E-state index contributed by atoms with van der Waals surface area (Å²) in [6.07, 6.45) is 4.10. The van der Waals surface area contributed by atoms with E-state index in [-0.39, 0.29) is 11.1 Å². The number of rotatable bonds is 11. The molecular formula is C15H17Cl4NO4. The second-order valence-corrected chi connectivity index (χ2v) is 6.24. The molecule has 0 bridgehead atoms. The summed E-state index contributed by atoms with van der Waals surface area (Å²) < 4.78 is 16.4. The van der Waals surface area contributed by atoms with Gasteiger partial charge in [0.1, 0.15) is 16.8 Å². The lowest BCUT2D eigenvalue weighted by molar-refractivity contribution is 0.125. The molecule has 0 fully saturated rings. The molecule has 134 valence electrons. The van der Waals surface area contributed by atoms with Gasteiger partial charge in [-0.05, 0) is 6.08 Å². The lowest BCUT2D eigenvalue weighted by Crippen LogP contribution is -2.05. The van der Waals surface area contributed by atoms with E-state index in [9.17, 15) is 0 Å². The fourth-order valence-corrected chi connectivity index (χ4v) is 2.29. The van der Waals surface area contributed by atoms with Gasteiger partial charge in [-0.3, -0.25) is 0 Å². The van der Waals surface area contributed by atoms with Crippen LogP contribution in [0, 0.1) is 0 Å². The van der Waals surface area contributed by atoms with Gasteiger partial charge in [0.15, 0.2) is 5.75 Å². The molecule has 24 heavy (non-hydrogen) atoms. The molecule has 0 heterocycles. The van der Waals surface area contributed by atoms with Crippen molar-refractivity contribution < 1.29 is 19.4 Å². The zero-order valence-electron chi connectivity index (χ0n) is 12.7. The Balaban J connectivity index is 2.39. The van der Waals surface area contributed by atoms with E-state index in [1.165, 1.54) is 12.3 Å². The van der Waals surface area contributed by atoms with Crippen LogP contribution < -0.4 is 9.47 Å². The van der Waals surface area contributed by atoms with Crippen LogP contribution in [0.1, 0.15) is 12.8 Å². The predicted molar refractivity (Wildman–Crippen MR) is 97.6 cm³/mol. The third-order valence-electron chi connectivity index (χ3n) is 2.61. The summed E-state index contributed by atoms with van der Waals surface area (Å²) in [4.78, 5) is 0. The molecule has 0 aliphatic rings. The van der Waals surface area contributed by atoms with Crippen LogP contribution in [0.3, 0.4) is 0 Å². The van der Waals surface area contributed by atoms with Crippen molar-refractivity contribution in [1.82, 2.24) is 0 Å². The van der Waals surface area contributed by atoms with Crippen LogP contribution in [0.15, 0.2) is 27.9 Å². The number of hydrogen-bond donors (Lipinski definition) is 1. The second kappa shape index (κ2) is 12.5. The number of ether oxygens (including phenoxy) is 3. The highest BCUT2D eigenvalue weighted by Crippen LogP contribution is 2.37. The van der Waals surface area contributed by atoms with Gasteiger partial charge in [0.2, 0.25) is 0 Å². The van der Waals surface area contributed by atoms with Gasteiger partial charge >= 0.3 is 0 Å². The molecule has 0 unspecified atom stereocenters. The van der Waals surface area contributed by atoms with E-state index in [1.54, 1.807) is 12.1 Å². The molecule has 0 saturated carbocycles. The summed E-state index contributed by atoms with van der Waals surface area (Å²) >= 11 is 23.3. The number of hydrogen-bond acceptors (Lipinski definition) is 5. The second-order valence-electron chi connectivity index (χ2n) is 4.42. The minimum atomic E-state index is 0.123. The summed E-state index contributed by atoms with van der Waals surface area (Å²) in [7, 11) is 0. The van der Waals surface area contributed by atoms with E-state index < -0.39 is 0 Å². The lowest BCUT2D eigenvalue weighted by Gasteiger charge is -2.12. The Morgan fingerprint density at radius 2 is 1.79 bits per heavy atom. The Morgan fingerprint density at radius 3 is 2.42 bits per heavy atom. The van der Waals surface area contributed by atoms with E-state index in [4.69, 9.17) is 65.8 Å². The van der Waals surface area contributed by atoms with E-state index in [0.717, 1.165) is 0 Å². The van der Waals surface area contributed by atoms with Crippen molar-refractivity contribution in [3.63, 3.8) is 0 Å². The van der Waals surface area contributed by atoms with Gasteiger partial charge in [0.05, 0.1) is 23.3 Å². The molecule has 9 heteroatoms. The molecule has 1 N–H and O–H groups in total. The van der Waals surface area contributed by atoms with Crippen molar-refractivity contribution >= 4 is 52.6 Å². The highest BCUT2D eigenvalue weighted by atomic mass is 35.5. The van der Waals surface area contributed by atoms with Crippen molar-refractivity contribution in [2.75, 3.05) is 26.4 Å². The summed E-state index contributed by atoms with van der Waals surface area (Å²) in [6, 6.07) is 3.20. The van der Waals surface area contributed by atoms with Crippen molar-refractivity contribution in [2.24, 2.45) is 5.16 Å². The Labute approximate surface area is 160 Å². The Hall–Kier alpha value is -0.850. The molecule has 0 aliphatic heterocycles. The first-order valence-corrected chi connectivity index (χ1v) is 8.55. The molecule has 0 spiro atoms. The fourth-order valence-electron chi connectivity index (χ4n) is 1.59. The molecule has 0 saturated heterocycles. The number of nitrogens with zero attached hydrogens (tertiary/aromatic N) is 1. The van der Waals surface area contributed by atoms with Crippen LogP contribution in [-0.4, -0.2) is 37.8 Å². The Kier molecular flexibility index (Phi) is 11.0. The van der Waals surface area contributed by atoms with E-state index >= 15 is 0 Å². The van der Waals surface area contributed by atoms with Gasteiger partial charge in [0, 0.05) is 37.8 Å². The molecule has 0 aromatic heterocycles. The highest BCUT2D eigenvalue weighted by Gasteiger charge is 2.10. The van der Waals surface area contributed by atoms with Crippen LogP contribution in [0.5, 0.6) is 11.5 Å². The van der Waals surface area contributed by atoms with Crippen LogP contribution in [-0.2, 0) is 4.74 Å². The first-order chi connectivity index (χ1) is 11.5. The van der Waals surface area contributed by atoms with E-state index in [1.807, 2.05) is 0 Å². The van der Waals surface area contributed by atoms with Crippen LogP contribution in [0.25, 0.3) is 0 Å². The van der Waals surface area contributed by atoms with Crippen LogP contribution in [0.4, 0.5) is 0 Å². The molecular weight excluding hydrogens is 400 g/mol. The zero-order valence-corrected chi connectivity index (χ0v) is 15.7. The van der Waals surface area contributed by atoms with Crippen molar-refractivity contribution in [3.8, 4) is 11.5 Å². The number of halogens is 4. The number of benzene rings is 1. The zero-order chi connectivity index (χ0) is 17.8. The minimum Gasteiger partial charge on any atom is -0.490 e. The minimum absolute atomic E-state index is 0.123. The smallest absolute Gasteiger partial charge is 0.156 e. The summed E-state index contributed by atoms with van der Waals surface area (Å²) in [5, 5.41) is 11.8. The standard InChI is InChI=1S/C15H17Cl4NO4/c16-12-9-11(23-8-3-14(18)19)10-13(17)15(12)24-7-2-6-22-5-1-4-20-21/h3-4,9-10,21H,1-2,5-8H2/b20-4+. The van der Waals surface area contributed by atoms with Crippen LogP contribution >= 0.6 is 46.4 Å². The average Bonchev–Trinajstić information content (AvgIpc) is 2.51. The third kappa shape index (κ3) is 8.85. The molecule has 0 atom stereocenters.